The Balaban J connectivity index is 1.89. The van der Waals surface area contributed by atoms with Crippen molar-refractivity contribution in [2.45, 2.75) is 6.61 Å². The van der Waals surface area contributed by atoms with Gasteiger partial charge in [0, 0.05) is 24.1 Å². The summed E-state index contributed by atoms with van der Waals surface area (Å²) in [5.74, 6) is 0.483. The zero-order chi connectivity index (χ0) is 19.7. The summed E-state index contributed by atoms with van der Waals surface area (Å²) >= 11 is 20.7. The third-order valence-electron chi connectivity index (χ3n) is 4.10. The van der Waals surface area contributed by atoms with Crippen molar-refractivity contribution in [3.63, 3.8) is 0 Å². The number of carbonyl (C=O) groups excluding carboxylic acids is 1. The summed E-state index contributed by atoms with van der Waals surface area (Å²) in [5.41, 5.74) is 2.14. The summed E-state index contributed by atoms with van der Waals surface area (Å²) in [6.45, 7) is 0.316. The van der Waals surface area contributed by atoms with Crippen LogP contribution in [0.2, 0.25) is 10.0 Å². The zero-order valence-corrected chi connectivity index (χ0v) is 18.4. The van der Waals surface area contributed by atoms with Gasteiger partial charge in [-0.1, -0.05) is 45.2 Å². The van der Waals surface area contributed by atoms with Crippen LogP contribution in [0.15, 0.2) is 46.6 Å². The van der Waals surface area contributed by atoms with E-state index < -0.39 is 0 Å². The standard InChI is InChI=1S/C19H15BrCl2N2O2S/c1-23-16(18(25)24(2)19(23)27)9-12-8-13(20)4-6-17(12)26-10-11-3-5-14(21)15(22)7-11/h3-9H,10H2,1-2H3/b16-9+. The number of thiocarbonyl (C=S) groups is 1. The molecule has 8 heteroatoms. The maximum Gasteiger partial charge on any atom is 0.276 e. The number of nitrogens with zero attached hydrogens (tertiary/aromatic N) is 2. The second kappa shape index (κ2) is 8.19. The molecule has 2 aromatic rings. The fourth-order valence-corrected chi connectivity index (χ4v) is 3.47. The Bertz CT molecular complexity index is 965. The van der Waals surface area contributed by atoms with Crippen molar-refractivity contribution in [1.82, 2.24) is 9.80 Å². The molecule has 0 N–H and O–H groups in total. The van der Waals surface area contributed by atoms with Gasteiger partial charge < -0.3 is 9.64 Å². The fraction of sp³-hybridized carbons (Fsp3) is 0.158. The van der Waals surface area contributed by atoms with Crippen molar-refractivity contribution < 1.29 is 9.53 Å². The lowest BCUT2D eigenvalue weighted by Crippen LogP contribution is -2.26. The summed E-state index contributed by atoms with van der Waals surface area (Å²) in [4.78, 5) is 15.5. The van der Waals surface area contributed by atoms with Crippen LogP contribution in [0, 0.1) is 0 Å². The van der Waals surface area contributed by atoms with Crippen molar-refractivity contribution in [2.24, 2.45) is 0 Å². The van der Waals surface area contributed by atoms with Crippen LogP contribution in [0.5, 0.6) is 5.75 Å². The monoisotopic (exact) mass is 484 g/mol. The molecular weight excluding hydrogens is 471 g/mol. The first kappa shape index (κ1) is 20.1. The quantitative estimate of drug-likeness (QED) is 0.430. The molecule has 3 rings (SSSR count). The van der Waals surface area contributed by atoms with Crippen molar-refractivity contribution in [2.75, 3.05) is 14.1 Å². The number of hydrogen-bond donors (Lipinski definition) is 0. The van der Waals surface area contributed by atoms with E-state index in [9.17, 15) is 4.79 Å². The molecule has 0 bridgehead atoms. The molecule has 1 aliphatic heterocycles. The predicted octanol–water partition coefficient (Wildman–Crippen LogP) is 5.36. The second-order valence-corrected chi connectivity index (χ2v) is 8.05. The number of halogens is 3. The van der Waals surface area contributed by atoms with Crippen LogP contribution in [0.3, 0.4) is 0 Å². The van der Waals surface area contributed by atoms with Crippen molar-refractivity contribution in [1.29, 1.82) is 0 Å². The molecular formula is C19H15BrCl2N2O2S. The maximum absolute atomic E-state index is 12.4. The minimum atomic E-state index is -0.155. The number of hydrogen-bond acceptors (Lipinski definition) is 3. The van der Waals surface area contributed by atoms with Crippen LogP contribution in [0.25, 0.3) is 6.08 Å². The third-order valence-corrected chi connectivity index (χ3v) is 5.88. The highest BCUT2D eigenvalue weighted by Crippen LogP contribution is 2.30. The number of likely N-dealkylation sites (N-methyl/N-ethyl adjacent to an activating group) is 2. The van der Waals surface area contributed by atoms with E-state index in [1.807, 2.05) is 24.3 Å². The van der Waals surface area contributed by atoms with Crippen LogP contribution < -0.4 is 4.74 Å². The van der Waals surface area contributed by atoms with E-state index in [1.165, 1.54) is 4.90 Å². The van der Waals surface area contributed by atoms with E-state index in [1.54, 1.807) is 37.2 Å². The molecule has 2 aromatic carbocycles. The number of benzene rings is 2. The van der Waals surface area contributed by atoms with Gasteiger partial charge in [-0.05, 0) is 54.2 Å². The first-order valence-electron chi connectivity index (χ1n) is 7.91. The number of carbonyl (C=O) groups is 1. The molecule has 1 heterocycles. The van der Waals surface area contributed by atoms with E-state index in [0.717, 1.165) is 15.6 Å². The van der Waals surface area contributed by atoms with E-state index in [-0.39, 0.29) is 5.91 Å². The Hall–Kier alpha value is -1.60. The lowest BCUT2D eigenvalue weighted by molar-refractivity contribution is -0.121. The SMILES string of the molecule is CN1C(=O)/C(=C\c2cc(Br)ccc2OCc2ccc(Cl)c(Cl)c2)N(C)C1=S. The van der Waals surface area contributed by atoms with Gasteiger partial charge in [-0.25, -0.2) is 0 Å². The molecule has 0 radical (unpaired) electrons. The molecule has 27 heavy (non-hydrogen) atoms. The van der Waals surface area contributed by atoms with Gasteiger partial charge in [0.2, 0.25) is 0 Å². The predicted molar refractivity (Wildman–Crippen MR) is 116 cm³/mol. The molecule has 0 aromatic heterocycles. The van der Waals surface area contributed by atoms with E-state index in [2.05, 4.69) is 15.9 Å². The summed E-state index contributed by atoms with van der Waals surface area (Å²) in [6, 6.07) is 11.0. The van der Waals surface area contributed by atoms with Gasteiger partial charge in [0.1, 0.15) is 18.1 Å². The summed E-state index contributed by atoms with van der Waals surface area (Å²) < 4.78 is 6.84. The van der Waals surface area contributed by atoms with Crippen molar-refractivity contribution in [3.8, 4) is 5.75 Å². The van der Waals surface area contributed by atoms with Crippen LogP contribution in [0.1, 0.15) is 11.1 Å². The third kappa shape index (κ3) is 4.29. The smallest absolute Gasteiger partial charge is 0.276 e. The molecule has 1 saturated heterocycles. The number of amides is 1. The Labute approximate surface area is 181 Å². The summed E-state index contributed by atoms with van der Waals surface area (Å²) in [6.07, 6.45) is 1.77. The Morgan fingerprint density at radius 3 is 2.48 bits per heavy atom. The van der Waals surface area contributed by atoms with Gasteiger partial charge in [0.05, 0.1) is 10.0 Å². The van der Waals surface area contributed by atoms with Crippen LogP contribution in [0.4, 0.5) is 0 Å². The summed E-state index contributed by atoms with van der Waals surface area (Å²) in [7, 11) is 3.42. The molecule has 0 atom stereocenters. The molecule has 1 fully saturated rings. The lowest BCUT2D eigenvalue weighted by Gasteiger charge is -2.13. The molecule has 1 amide bonds. The van der Waals surface area contributed by atoms with Gasteiger partial charge in [0.25, 0.3) is 5.91 Å². The Kier molecular flexibility index (Phi) is 6.11. The number of rotatable bonds is 4. The molecule has 0 spiro atoms. The molecule has 0 aliphatic carbocycles. The molecule has 4 nitrogen and oxygen atoms in total. The van der Waals surface area contributed by atoms with E-state index >= 15 is 0 Å². The average Bonchev–Trinajstić information content (AvgIpc) is 2.82. The van der Waals surface area contributed by atoms with Crippen LogP contribution >= 0.6 is 51.3 Å². The normalized spacial score (nSPS) is 15.8. The molecule has 1 aliphatic rings. The minimum absolute atomic E-state index is 0.155. The van der Waals surface area contributed by atoms with E-state index in [4.69, 9.17) is 40.2 Å². The first-order chi connectivity index (χ1) is 12.8. The van der Waals surface area contributed by atoms with Gasteiger partial charge in [-0.3, -0.25) is 9.69 Å². The van der Waals surface area contributed by atoms with Crippen molar-refractivity contribution >= 4 is 68.4 Å². The van der Waals surface area contributed by atoms with Crippen LogP contribution in [-0.2, 0) is 11.4 Å². The highest BCUT2D eigenvalue weighted by atomic mass is 79.9. The molecule has 0 saturated carbocycles. The molecule has 0 unspecified atom stereocenters. The Morgan fingerprint density at radius 1 is 1.11 bits per heavy atom. The maximum atomic E-state index is 12.4. The largest absolute Gasteiger partial charge is 0.488 e. The van der Waals surface area contributed by atoms with Crippen molar-refractivity contribution in [3.05, 3.63) is 67.7 Å². The number of ether oxygens (including phenoxy) is 1. The topological polar surface area (TPSA) is 32.8 Å². The molecule has 140 valence electrons. The van der Waals surface area contributed by atoms with Gasteiger partial charge in [-0.2, -0.15) is 0 Å². The highest BCUT2D eigenvalue weighted by Gasteiger charge is 2.32. The van der Waals surface area contributed by atoms with Gasteiger partial charge >= 0.3 is 0 Å². The van der Waals surface area contributed by atoms with Gasteiger partial charge in [0.15, 0.2) is 5.11 Å². The van der Waals surface area contributed by atoms with E-state index in [0.29, 0.717) is 33.2 Å². The van der Waals surface area contributed by atoms with Gasteiger partial charge in [-0.15, -0.1) is 0 Å². The zero-order valence-electron chi connectivity index (χ0n) is 14.5. The average molecular weight is 486 g/mol. The fourth-order valence-electron chi connectivity index (χ4n) is 2.59. The Morgan fingerprint density at radius 2 is 1.85 bits per heavy atom. The second-order valence-electron chi connectivity index (χ2n) is 5.95. The minimum Gasteiger partial charge on any atom is -0.488 e. The highest BCUT2D eigenvalue weighted by molar-refractivity contribution is 9.10. The van der Waals surface area contributed by atoms with Crippen LogP contribution in [-0.4, -0.2) is 34.9 Å². The first-order valence-corrected chi connectivity index (χ1v) is 9.87. The summed E-state index contributed by atoms with van der Waals surface area (Å²) in [5, 5.41) is 1.43. The lowest BCUT2D eigenvalue weighted by atomic mass is 10.1.